The number of nitrogens with zero attached hydrogens (tertiary/aromatic N) is 1. The highest BCUT2D eigenvalue weighted by Gasteiger charge is 2.21. The fourth-order valence-electron chi connectivity index (χ4n) is 3.05. The van der Waals surface area contributed by atoms with Crippen LogP contribution in [0.4, 0.5) is 5.69 Å². The topological polar surface area (TPSA) is 48.0 Å². The molecule has 1 aliphatic rings. The van der Waals surface area contributed by atoms with Crippen molar-refractivity contribution < 1.29 is 0 Å². The molecule has 0 atom stereocenters. The Balaban J connectivity index is 2.17. The van der Waals surface area contributed by atoms with E-state index in [9.17, 15) is 4.79 Å². The number of anilines is 1. The van der Waals surface area contributed by atoms with Crippen LogP contribution in [0.3, 0.4) is 0 Å². The molecule has 1 saturated carbocycles. The minimum atomic E-state index is -0.0463. The average Bonchev–Trinajstić information content (AvgIpc) is 2.96. The Morgan fingerprint density at radius 1 is 1.05 bits per heavy atom. The lowest BCUT2D eigenvalue weighted by Gasteiger charge is -2.19. The van der Waals surface area contributed by atoms with Gasteiger partial charge in [-0.15, -0.1) is 0 Å². The minimum Gasteiger partial charge on any atom is -0.394 e. The number of pyridine rings is 1. The molecule has 0 aliphatic heterocycles. The first-order valence-electron chi connectivity index (χ1n) is 7.25. The van der Waals surface area contributed by atoms with Crippen LogP contribution in [0.5, 0.6) is 0 Å². The molecule has 1 fully saturated rings. The number of hydrogen-bond donors (Lipinski definition) is 1. The quantitative estimate of drug-likeness (QED) is 0.906. The zero-order valence-corrected chi connectivity index (χ0v) is 11.8. The molecule has 2 aromatic rings. The van der Waals surface area contributed by atoms with Crippen LogP contribution in [0.25, 0.3) is 11.3 Å². The van der Waals surface area contributed by atoms with Gasteiger partial charge >= 0.3 is 0 Å². The van der Waals surface area contributed by atoms with E-state index in [1.807, 2.05) is 10.6 Å². The standard InChI is InChI=1S/C17H20N2O/c1-12-6-8-13(9-7-12)16-11-10-15(18)17(20)19(16)14-4-2-3-5-14/h6-11,14H,2-5,18H2,1H3. The molecule has 0 saturated heterocycles. The maximum absolute atomic E-state index is 12.5. The van der Waals surface area contributed by atoms with Gasteiger partial charge in [0.05, 0.1) is 11.4 Å². The molecule has 0 unspecified atom stereocenters. The predicted octanol–water partition coefficient (Wildman–Crippen LogP) is 3.52. The van der Waals surface area contributed by atoms with Gasteiger partial charge in [-0.25, -0.2) is 0 Å². The molecule has 20 heavy (non-hydrogen) atoms. The van der Waals surface area contributed by atoms with Crippen LogP contribution < -0.4 is 11.3 Å². The van der Waals surface area contributed by atoms with Crippen LogP contribution in [0.15, 0.2) is 41.2 Å². The number of nitrogens with two attached hydrogens (primary N) is 1. The third-order valence-electron chi connectivity index (χ3n) is 4.18. The van der Waals surface area contributed by atoms with Gasteiger partial charge < -0.3 is 10.3 Å². The Labute approximate surface area is 119 Å². The second-order valence-corrected chi connectivity index (χ2v) is 5.65. The molecule has 0 bridgehead atoms. The van der Waals surface area contributed by atoms with Crippen molar-refractivity contribution in [2.24, 2.45) is 0 Å². The van der Waals surface area contributed by atoms with E-state index in [-0.39, 0.29) is 5.56 Å². The summed E-state index contributed by atoms with van der Waals surface area (Å²) in [4.78, 5) is 12.5. The smallest absolute Gasteiger partial charge is 0.274 e. The summed E-state index contributed by atoms with van der Waals surface area (Å²) >= 11 is 0. The van der Waals surface area contributed by atoms with E-state index in [0.29, 0.717) is 11.7 Å². The van der Waals surface area contributed by atoms with Crippen LogP contribution >= 0.6 is 0 Å². The fourth-order valence-corrected chi connectivity index (χ4v) is 3.05. The van der Waals surface area contributed by atoms with Crippen LogP contribution in [-0.4, -0.2) is 4.57 Å². The first-order valence-corrected chi connectivity index (χ1v) is 7.25. The lowest BCUT2D eigenvalue weighted by Crippen LogP contribution is -2.27. The fraction of sp³-hybridized carbons (Fsp3) is 0.353. The monoisotopic (exact) mass is 268 g/mol. The van der Waals surface area contributed by atoms with Gasteiger partial charge in [0, 0.05) is 6.04 Å². The summed E-state index contributed by atoms with van der Waals surface area (Å²) in [5.41, 5.74) is 9.41. The molecule has 1 aromatic carbocycles. The minimum absolute atomic E-state index is 0.0463. The number of nitrogen functional groups attached to an aromatic ring is 1. The highest BCUT2D eigenvalue weighted by atomic mass is 16.1. The number of aromatic nitrogens is 1. The molecule has 2 N–H and O–H groups in total. The number of rotatable bonds is 2. The summed E-state index contributed by atoms with van der Waals surface area (Å²) in [5, 5.41) is 0. The van der Waals surface area contributed by atoms with Gasteiger partial charge in [-0.05, 0) is 37.5 Å². The van der Waals surface area contributed by atoms with Gasteiger partial charge in [0.2, 0.25) is 0 Å². The van der Waals surface area contributed by atoms with E-state index in [4.69, 9.17) is 5.73 Å². The van der Waals surface area contributed by atoms with E-state index in [1.54, 1.807) is 6.07 Å². The Morgan fingerprint density at radius 2 is 1.70 bits per heavy atom. The Hall–Kier alpha value is -2.03. The highest BCUT2D eigenvalue weighted by Crippen LogP contribution is 2.32. The molecule has 104 valence electrons. The van der Waals surface area contributed by atoms with Gasteiger partial charge in [0.15, 0.2) is 0 Å². The summed E-state index contributed by atoms with van der Waals surface area (Å²) in [6.07, 6.45) is 4.53. The van der Waals surface area contributed by atoms with Crippen molar-refractivity contribution in [1.29, 1.82) is 0 Å². The lowest BCUT2D eigenvalue weighted by molar-refractivity contribution is 0.509. The molecule has 3 heteroatoms. The molecule has 3 rings (SSSR count). The van der Waals surface area contributed by atoms with Gasteiger partial charge in [0.1, 0.15) is 0 Å². The molecule has 0 amide bonds. The SMILES string of the molecule is Cc1ccc(-c2ccc(N)c(=O)n2C2CCCC2)cc1. The second-order valence-electron chi connectivity index (χ2n) is 5.65. The van der Waals surface area contributed by atoms with E-state index in [0.717, 1.165) is 24.1 Å². The summed E-state index contributed by atoms with van der Waals surface area (Å²) in [6.45, 7) is 2.07. The summed E-state index contributed by atoms with van der Waals surface area (Å²) in [5.74, 6) is 0. The first kappa shape index (κ1) is 13.0. The van der Waals surface area contributed by atoms with Gasteiger partial charge in [0.25, 0.3) is 5.56 Å². The Kier molecular flexibility index (Phi) is 3.35. The van der Waals surface area contributed by atoms with Crippen molar-refractivity contribution in [1.82, 2.24) is 4.57 Å². The predicted molar refractivity (Wildman–Crippen MR) is 82.8 cm³/mol. The zero-order chi connectivity index (χ0) is 14.1. The lowest BCUT2D eigenvalue weighted by atomic mass is 10.1. The molecule has 0 spiro atoms. The largest absolute Gasteiger partial charge is 0.394 e. The number of hydrogen-bond acceptors (Lipinski definition) is 2. The van der Waals surface area contributed by atoms with Gasteiger partial charge in [-0.3, -0.25) is 4.79 Å². The van der Waals surface area contributed by atoms with Crippen molar-refractivity contribution in [3.8, 4) is 11.3 Å². The molecule has 1 heterocycles. The molecule has 0 radical (unpaired) electrons. The van der Waals surface area contributed by atoms with Gasteiger partial charge in [-0.2, -0.15) is 0 Å². The van der Waals surface area contributed by atoms with Crippen molar-refractivity contribution in [2.75, 3.05) is 5.73 Å². The van der Waals surface area contributed by atoms with E-state index < -0.39 is 0 Å². The van der Waals surface area contributed by atoms with Crippen LogP contribution in [-0.2, 0) is 0 Å². The zero-order valence-electron chi connectivity index (χ0n) is 11.8. The average molecular weight is 268 g/mol. The number of benzene rings is 1. The Bertz CT molecular complexity index is 664. The molecular formula is C17H20N2O. The van der Waals surface area contributed by atoms with Crippen LogP contribution in [0, 0.1) is 6.92 Å². The summed E-state index contributed by atoms with van der Waals surface area (Å²) < 4.78 is 1.91. The van der Waals surface area contributed by atoms with Crippen molar-refractivity contribution >= 4 is 5.69 Å². The van der Waals surface area contributed by atoms with Crippen LogP contribution in [0.2, 0.25) is 0 Å². The normalized spacial score (nSPS) is 15.7. The first-order chi connectivity index (χ1) is 9.66. The molecule has 1 aliphatic carbocycles. The number of aryl methyl sites for hydroxylation is 1. The maximum Gasteiger partial charge on any atom is 0.274 e. The van der Waals surface area contributed by atoms with E-state index in [1.165, 1.54) is 18.4 Å². The van der Waals surface area contributed by atoms with Crippen molar-refractivity contribution in [3.63, 3.8) is 0 Å². The van der Waals surface area contributed by atoms with Gasteiger partial charge in [-0.1, -0.05) is 42.7 Å². The Morgan fingerprint density at radius 3 is 2.35 bits per heavy atom. The van der Waals surface area contributed by atoms with Crippen molar-refractivity contribution in [3.05, 3.63) is 52.3 Å². The summed E-state index contributed by atoms with van der Waals surface area (Å²) in [6, 6.07) is 12.3. The van der Waals surface area contributed by atoms with Crippen molar-refractivity contribution in [2.45, 2.75) is 38.6 Å². The van der Waals surface area contributed by atoms with E-state index in [2.05, 4.69) is 31.2 Å². The molecular weight excluding hydrogens is 248 g/mol. The highest BCUT2D eigenvalue weighted by molar-refractivity contribution is 5.62. The third kappa shape index (κ3) is 2.24. The summed E-state index contributed by atoms with van der Waals surface area (Å²) in [7, 11) is 0. The maximum atomic E-state index is 12.5. The second kappa shape index (κ2) is 5.16. The molecule has 3 nitrogen and oxygen atoms in total. The third-order valence-corrected chi connectivity index (χ3v) is 4.18. The van der Waals surface area contributed by atoms with Crippen LogP contribution in [0.1, 0.15) is 37.3 Å². The van der Waals surface area contributed by atoms with E-state index >= 15 is 0 Å². The molecule has 1 aromatic heterocycles.